The third kappa shape index (κ3) is 2.30. The normalized spacial score (nSPS) is 25.8. The molecule has 1 N–H and O–H groups in total. The van der Waals surface area contributed by atoms with E-state index >= 15 is 0 Å². The Labute approximate surface area is 122 Å². The van der Waals surface area contributed by atoms with Crippen molar-refractivity contribution in [2.24, 2.45) is 5.41 Å². The van der Waals surface area contributed by atoms with Crippen molar-refractivity contribution in [1.29, 1.82) is 0 Å². The van der Waals surface area contributed by atoms with Crippen LogP contribution in [0.3, 0.4) is 0 Å². The lowest BCUT2D eigenvalue weighted by Gasteiger charge is -2.52. The van der Waals surface area contributed by atoms with E-state index in [0.29, 0.717) is 11.5 Å². The van der Waals surface area contributed by atoms with Crippen LogP contribution in [0.25, 0.3) is 0 Å². The van der Waals surface area contributed by atoms with Gasteiger partial charge < -0.3 is 5.32 Å². The molecule has 2 aliphatic rings. The van der Waals surface area contributed by atoms with Crippen molar-refractivity contribution in [3.05, 3.63) is 27.7 Å². The van der Waals surface area contributed by atoms with Crippen LogP contribution in [0.4, 0.5) is 5.69 Å². The van der Waals surface area contributed by atoms with Crippen LogP contribution in [0.5, 0.6) is 0 Å². The molecule has 18 heavy (non-hydrogen) atoms. The van der Waals surface area contributed by atoms with E-state index in [1.54, 1.807) is 0 Å². The predicted molar refractivity (Wildman–Crippen MR) is 81.3 cm³/mol. The number of nitrogens with one attached hydrogen (secondary N) is 1. The van der Waals surface area contributed by atoms with Crippen molar-refractivity contribution < 1.29 is 0 Å². The second kappa shape index (κ2) is 5.05. The van der Waals surface area contributed by atoms with Crippen molar-refractivity contribution in [2.45, 2.75) is 51.0 Å². The van der Waals surface area contributed by atoms with Gasteiger partial charge in [-0.2, -0.15) is 0 Å². The van der Waals surface area contributed by atoms with Crippen molar-refractivity contribution in [1.82, 2.24) is 0 Å². The summed E-state index contributed by atoms with van der Waals surface area (Å²) in [6.07, 6.45) is 9.74. The van der Waals surface area contributed by atoms with Gasteiger partial charge in [-0.15, -0.1) is 0 Å². The fourth-order valence-electron chi connectivity index (χ4n) is 3.57. The van der Waals surface area contributed by atoms with E-state index in [2.05, 4.69) is 33.4 Å². The summed E-state index contributed by atoms with van der Waals surface area (Å²) in [6, 6.07) is 6.74. The SMILES string of the molecule is Clc1cc(Br)ccc1NC1CCC12CCCCC2. The van der Waals surface area contributed by atoms with Gasteiger partial charge >= 0.3 is 0 Å². The predicted octanol–water partition coefficient (Wildman–Crippen LogP) is 5.63. The molecule has 1 aromatic rings. The van der Waals surface area contributed by atoms with E-state index in [1.165, 1.54) is 44.9 Å². The first-order valence-electron chi connectivity index (χ1n) is 6.91. The van der Waals surface area contributed by atoms with E-state index < -0.39 is 0 Å². The minimum absolute atomic E-state index is 0.578. The topological polar surface area (TPSA) is 12.0 Å². The summed E-state index contributed by atoms with van der Waals surface area (Å²) in [7, 11) is 0. The summed E-state index contributed by atoms with van der Waals surface area (Å²) in [6.45, 7) is 0. The van der Waals surface area contributed by atoms with Crippen molar-refractivity contribution in [2.75, 3.05) is 5.32 Å². The van der Waals surface area contributed by atoms with Crippen LogP contribution in [0.2, 0.25) is 5.02 Å². The maximum absolute atomic E-state index is 6.29. The average Bonchev–Trinajstić information content (AvgIpc) is 2.37. The Hall–Kier alpha value is -0.210. The Morgan fingerprint density at radius 1 is 1.17 bits per heavy atom. The van der Waals surface area contributed by atoms with Gasteiger partial charge in [-0.3, -0.25) is 0 Å². The molecule has 0 aliphatic heterocycles. The number of benzene rings is 1. The summed E-state index contributed by atoms with van der Waals surface area (Å²) in [5, 5.41) is 4.50. The highest BCUT2D eigenvalue weighted by Gasteiger charge is 2.46. The molecular weight excluding hydrogens is 310 g/mol. The molecule has 98 valence electrons. The molecular formula is C15H19BrClN. The van der Waals surface area contributed by atoms with Crippen molar-refractivity contribution in [3.63, 3.8) is 0 Å². The zero-order valence-electron chi connectivity index (χ0n) is 10.5. The number of halogens is 2. The Kier molecular flexibility index (Phi) is 3.59. The van der Waals surface area contributed by atoms with Crippen molar-refractivity contribution in [3.8, 4) is 0 Å². The highest BCUT2D eigenvalue weighted by Crippen LogP contribution is 2.53. The quantitative estimate of drug-likeness (QED) is 0.742. The molecule has 0 aromatic heterocycles. The Balaban J connectivity index is 1.72. The van der Waals surface area contributed by atoms with Crippen LogP contribution >= 0.6 is 27.5 Å². The second-order valence-electron chi connectivity index (χ2n) is 5.78. The summed E-state index contributed by atoms with van der Waals surface area (Å²) >= 11 is 9.74. The molecule has 0 saturated heterocycles. The van der Waals surface area contributed by atoms with Crippen LogP contribution in [-0.2, 0) is 0 Å². The summed E-state index contributed by atoms with van der Waals surface area (Å²) in [5.74, 6) is 0. The van der Waals surface area contributed by atoms with Crippen molar-refractivity contribution >= 4 is 33.2 Å². The molecule has 2 aliphatic carbocycles. The number of hydrogen-bond acceptors (Lipinski definition) is 1. The molecule has 0 bridgehead atoms. The minimum Gasteiger partial charge on any atom is -0.381 e. The van der Waals surface area contributed by atoms with Crippen LogP contribution in [0.1, 0.15) is 44.9 Å². The minimum atomic E-state index is 0.578. The zero-order chi connectivity index (χ0) is 12.6. The molecule has 3 rings (SSSR count). The zero-order valence-corrected chi connectivity index (χ0v) is 12.9. The average molecular weight is 329 g/mol. The van der Waals surface area contributed by atoms with Gasteiger partial charge in [-0.25, -0.2) is 0 Å². The third-order valence-corrected chi connectivity index (χ3v) is 5.59. The number of rotatable bonds is 2. The number of hydrogen-bond donors (Lipinski definition) is 1. The van der Waals surface area contributed by atoms with Gasteiger partial charge in [-0.1, -0.05) is 46.8 Å². The summed E-state index contributed by atoms with van der Waals surface area (Å²) < 4.78 is 1.04. The van der Waals surface area contributed by atoms with Gasteiger partial charge in [-0.05, 0) is 49.3 Å². The van der Waals surface area contributed by atoms with Gasteiger partial charge in [0.05, 0.1) is 10.7 Å². The third-order valence-electron chi connectivity index (χ3n) is 4.78. The lowest BCUT2D eigenvalue weighted by atomic mass is 9.57. The lowest BCUT2D eigenvalue weighted by molar-refractivity contribution is 0.0571. The fourth-order valence-corrected chi connectivity index (χ4v) is 4.30. The number of anilines is 1. The summed E-state index contributed by atoms with van der Waals surface area (Å²) in [4.78, 5) is 0. The molecule has 1 atom stereocenters. The first-order valence-corrected chi connectivity index (χ1v) is 8.08. The molecule has 1 spiro atoms. The second-order valence-corrected chi connectivity index (χ2v) is 7.11. The van der Waals surface area contributed by atoms with Gasteiger partial charge in [0.15, 0.2) is 0 Å². The van der Waals surface area contributed by atoms with E-state index in [-0.39, 0.29) is 0 Å². The molecule has 1 aromatic carbocycles. The van der Waals surface area contributed by atoms with E-state index in [0.717, 1.165) is 15.2 Å². The Morgan fingerprint density at radius 2 is 1.94 bits per heavy atom. The highest BCUT2D eigenvalue weighted by molar-refractivity contribution is 9.10. The molecule has 0 amide bonds. The first kappa shape index (κ1) is 12.8. The molecule has 1 nitrogen and oxygen atoms in total. The fraction of sp³-hybridized carbons (Fsp3) is 0.600. The van der Waals surface area contributed by atoms with Gasteiger partial charge in [0.25, 0.3) is 0 Å². The molecule has 0 radical (unpaired) electrons. The smallest absolute Gasteiger partial charge is 0.0648 e. The Bertz CT molecular complexity index is 440. The van der Waals surface area contributed by atoms with E-state index in [4.69, 9.17) is 11.6 Å². The Morgan fingerprint density at radius 3 is 2.56 bits per heavy atom. The monoisotopic (exact) mass is 327 g/mol. The van der Waals surface area contributed by atoms with Gasteiger partial charge in [0.2, 0.25) is 0 Å². The molecule has 2 fully saturated rings. The molecule has 3 heteroatoms. The van der Waals surface area contributed by atoms with Crippen LogP contribution < -0.4 is 5.32 Å². The van der Waals surface area contributed by atoms with Crippen LogP contribution in [0.15, 0.2) is 22.7 Å². The highest BCUT2D eigenvalue weighted by atomic mass is 79.9. The summed E-state index contributed by atoms with van der Waals surface area (Å²) in [5.41, 5.74) is 1.67. The largest absolute Gasteiger partial charge is 0.381 e. The lowest BCUT2D eigenvalue weighted by Crippen LogP contribution is -2.50. The maximum Gasteiger partial charge on any atom is 0.0648 e. The standard InChI is InChI=1S/C15H19BrClN/c16-11-4-5-13(12(17)10-11)18-14-6-9-15(14)7-2-1-3-8-15/h4-5,10,14,18H,1-3,6-9H2. The van der Waals surface area contributed by atoms with Gasteiger partial charge in [0.1, 0.15) is 0 Å². The van der Waals surface area contributed by atoms with E-state index in [9.17, 15) is 0 Å². The van der Waals surface area contributed by atoms with E-state index in [1.807, 2.05) is 6.07 Å². The van der Waals surface area contributed by atoms with Crippen LogP contribution in [0, 0.1) is 5.41 Å². The first-order chi connectivity index (χ1) is 8.70. The molecule has 0 heterocycles. The van der Waals surface area contributed by atoms with Gasteiger partial charge in [0, 0.05) is 10.5 Å². The maximum atomic E-state index is 6.29. The molecule has 1 unspecified atom stereocenters. The van der Waals surface area contributed by atoms with Crippen LogP contribution in [-0.4, -0.2) is 6.04 Å². The molecule has 2 saturated carbocycles.